The van der Waals surface area contributed by atoms with Crippen LogP contribution in [0.3, 0.4) is 0 Å². The number of ether oxygens (including phenoxy) is 3. The van der Waals surface area contributed by atoms with Crippen molar-refractivity contribution in [2.24, 2.45) is 0 Å². The van der Waals surface area contributed by atoms with Gasteiger partial charge in [-0.05, 0) is 51.4 Å². The Morgan fingerprint density at radius 2 is 0.628 bits per heavy atom. The highest BCUT2D eigenvalue weighted by atomic mass is 33.1. The largest absolute Gasteiger partial charge is 0.381 e. The fourth-order valence-electron chi connectivity index (χ4n) is 2.09. The number of rotatable bonds is 28. The molecule has 0 rings (SSSR count). The van der Waals surface area contributed by atoms with Gasteiger partial charge in [-0.2, -0.15) is 0 Å². The summed E-state index contributed by atoms with van der Waals surface area (Å²) in [5.41, 5.74) is 0. The van der Waals surface area contributed by atoms with Crippen LogP contribution >= 0.6 is 65.0 Å². The minimum atomic E-state index is 0.834. The first kappa shape index (κ1) is 54.4. The zero-order valence-electron chi connectivity index (χ0n) is 30.3. The lowest BCUT2D eigenvalue weighted by atomic mass is 10.3. The Hall–Kier alpha value is 1.94. The molecule has 0 saturated carbocycles. The summed E-state index contributed by atoms with van der Waals surface area (Å²) in [4.78, 5) is 0. The molecule has 0 saturated heterocycles. The van der Waals surface area contributed by atoms with Crippen LogP contribution in [0.4, 0.5) is 0 Å². The van der Waals surface area contributed by atoms with Gasteiger partial charge in [-0.15, -0.1) is 0 Å². The van der Waals surface area contributed by atoms with Gasteiger partial charge in [0.05, 0.1) is 30.9 Å². The number of unbranched alkanes of at least 4 members (excludes halogenated alkanes) is 2. The summed E-state index contributed by atoms with van der Waals surface area (Å²) >= 11 is 1.47. The molecule has 0 spiro atoms. The number of hydrogen-bond donors (Lipinski definition) is 0. The van der Waals surface area contributed by atoms with Crippen molar-refractivity contribution >= 4 is 65.0 Å². The second kappa shape index (κ2) is 66.4. The summed E-state index contributed by atoms with van der Waals surface area (Å²) in [5, 5.41) is 0. The Morgan fingerprint density at radius 3 is 0.930 bits per heavy atom. The predicted octanol–water partition coefficient (Wildman–Crippen LogP) is 13.5. The molecule has 4 nitrogen and oxygen atoms in total. The van der Waals surface area contributed by atoms with Crippen LogP contribution in [0.25, 0.3) is 0 Å². The molecule has 0 N–H and O–H groups in total. The van der Waals surface area contributed by atoms with E-state index >= 15 is 0 Å². The van der Waals surface area contributed by atoms with Crippen molar-refractivity contribution in [1.29, 1.82) is 0 Å². The highest BCUT2D eigenvalue weighted by molar-refractivity contribution is 8.77. The van der Waals surface area contributed by atoms with Crippen molar-refractivity contribution in [3.8, 4) is 0 Å². The average molecular weight is 729 g/mol. The van der Waals surface area contributed by atoms with E-state index in [9.17, 15) is 0 Å². The zero-order valence-corrected chi connectivity index (χ0v) is 35.2. The fourth-order valence-corrected chi connectivity index (χ4v) is 7.74. The molecule has 0 aromatic rings. The third kappa shape index (κ3) is 86.2. The van der Waals surface area contributed by atoms with Crippen LogP contribution in [-0.4, -0.2) is 75.0 Å². The molecule has 268 valence electrons. The van der Waals surface area contributed by atoms with Crippen molar-refractivity contribution in [1.82, 2.24) is 0 Å². The molecule has 0 amide bonds. The molecule has 0 unspecified atom stereocenters. The maximum absolute atomic E-state index is 5.33. The van der Waals surface area contributed by atoms with Gasteiger partial charge in [0.25, 0.3) is 0 Å². The summed E-state index contributed by atoms with van der Waals surface area (Å²) in [5.74, 6) is 6.02. The maximum atomic E-state index is 5.33. The van der Waals surface area contributed by atoms with E-state index in [4.69, 9.17) is 18.4 Å². The Morgan fingerprint density at radius 1 is 0.302 bits per heavy atom. The van der Waals surface area contributed by atoms with Crippen LogP contribution < -0.4 is 0 Å². The van der Waals surface area contributed by atoms with Gasteiger partial charge in [0.1, 0.15) is 0 Å². The van der Waals surface area contributed by atoms with E-state index in [2.05, 4.69) is 69.2 Å². The molecule has 0 radical (unpaired) electrons. The second-order valence-electron chi connectivity index (χ2n) is 9.19. The Bertz CT molecular complexity index is 346. The first-order valence-electron chi connectivity index (χ1n) is 17.2. The molecule has 43 heavy (non-hydrogen) atoms. The molecule has 0 fully saturated rings. The van der Waals surface area contributed by atoms with Crippen LogP contribution in [0.1, 0.15) is 140 Å². The minimum absolute atomic E-state index is 0.834. The lowest BCUT2D eigenvalue weighted by Crippen LogP contribution is -1.97. The van der Waals surface area contributed by atoms with E-state index in [0.717, 1.165) is 89.9 Å². The standard InChI is InChI=1S/C8H18O2S2.C8H18OS2.C6H14O.C6H14S2.C5H12/c1-3-5-9-7-8-11-12-10-6-4-2;1-3-5-9-6-8-11-10-7-4-2;1-3-5-7-6-4-2;1-3-5-7-8-6-4-2;1-3-5-4-2/h3-8H2,1-2H3;3-8H2,1-2H3;3-6H2,1-2H3;3-6H2,1-2H3;3-5H2,1-2H3. The minimum Gasteiger partial charge on any atom is -0.381 e. The van der Waals surface area contributed by atoms with E-state index in [-0.39, 0.29) is 0 Å². The molecular weight excluding hydrogens is 653 g/mol. The molecule has 0 aromatic carbocycles. The van der Waals surface area contributed by atoms with Gasteiger partial charge in [-0.1, -0.05) is 142 Å². The second-order valence-corrected chi connectivity index (χ2v) is 16.7. The third-order valence-electron chi connectivity index (χ3n) is 4.14. The van der Waals surface area contributed by atoms with Gasteiger partial charge < -0.3 is 18.4 Å². The summed E-state index contributed by atoms with van der Waals surface area (Å²) in [6.45, 7) is 27.9. The molecule has 0 aliphatic rings. The van der Waals surface area contributed by atoms with E-state index in [1.165, 1.54) is 66.9 Å². The third-order valence-corrected chi connectivity index (χ3v) is 11.3. The van der Waals surface area contributed by atoms with Gasteiger partial charge in [-0.25, -0.2) is 0 Å². The van der Waals surface area contributed by atoms with Crippen LogP contribution in [-0.2, 0) is 18.4 Å². The Balaban J connectivity index is -0.000000144. The molecule has 0 aliphatic carbocycles. The molecular formula is C33H76O4S6. The van der Waals surface area contributed by atoms with Gasteiger partial charge >= 0.3 is 0 Å². The monoisotopic (exact) mass is 728 g/mol. The molecule has 0 heterocycles. The predicted molar refractivity (Wildman–Crippen MR) is 216 cm³/mol. The first-order chi connectivity index (χ1) is 21.1. The SMILES string of the molecule is CCCCC.CCCOCCC.CCCOCCSSCCC.CCCOCCSSOCCC.CCCSSCCC. The molecule has 0 bridgehead atoms. The summed E-state index contributed by atoms with van der Waals surface area (Å²) in [6, 6.07) is 0. The fraction of sp³-hybridized carbons (Fsp3) is 1.00. The summed E-state index contributed by atoms with van der Waals surface area (Å²) in [6.07, 6.45) is 13.6. The Labute approximate surface area is 296 Å². The van der Waals surface area contributed by atoms with E-state index in [1.54, 1.807) is 10.8 Å². The average Bonchev–Trinajstić information content (AvgIpc) is 3.02. The number of hydrogen-bond acceptors (Lipinski definition) is 10. The van der Waals surface area contributed by atoms with E-state index in [0.29, 0.717) is 0 Å². The maximum Gasteiger partial charge on any atom is 0.0622 e. The smallest absolute Gasteiger partial charge is 0.0622 e. The lowest BCUT2D eigenvalue weighted by Gasteiger charge is -2.01. The highest BCUT2D eigenvalue weighted by Gasteiger charge is 1.91. The summed E-state index contributed by atoms with van der Waals surface area (Å²) in [7, 11) is 9.57. The van der Waals surface area contributed by atoms with Gasteiger partial charge in [0, 0.05) is 55.2 Å². The van der Waals surface area contributed by atoms with Crippen LogP contribution in [0, 0.1) is 0 Å². The van der Waals surface area contributed by atoms with Gasteiger partial charge in [0.15, 0.2) is 0 Å². The van der Waals surface area contributed by atoms with Crippen LogP contribution in [0.15, 0.2) is 0 Å². The molecule has 0 atom stereocenters. The zero-order chi connectivity index (χ0) is 33.3. The van der Waals surface area contributed by atoms with Gasteiger partial charge in [-0.3, -0.25) is 0 Å². The van der Waals surface area contributed by atoms with Crippen molar-refractivity contribution < 1.29 is 18.4 Å². The van der Waals surface area contributed by atoms with Crippen molar-refractivity contribution in [3.05, 3.63) is 0 Å². The normalized spacial score (nSPS) is 9.91. The molecule has 10 heteroatoms. The quantitative estimate of drug-likeness (QED) is 0.0441. The Kier molecular flexibility index (Phi) is 83.9. The highest BCUT2D eigenvalue weighted by Crippen LogP contribution is 2.22. The van der Waals surface area contributed by atoms with Crippen LogP contribution in [0.5, 0.6) is 0 Å². The van der Waals surface area contributed by atoms with E-state index < -0.39 is 0 Å². The van der Waals surface area contributed by atoms with Gasteiger partial charge in [0.2, 0.25) is 0 Å². The van der Waals surface area contributed by atoms with Crippen molar-refractivity contribution in [2.75, 3.05) is 75.0 Å². The van der Waals surface area contributed by atoms with Crippen molar-refractivity contribution in [3.63, 3.8) is 0 Å². The van der Waals surface area contributed by atoms with Crippen molar-refractivity contribution in [2.45, 2.75) is 140 Å². The van der Waals surface area contributed by atoms with E-state index in [1.807, 2.05) is 43.2 Å². The van der Waals surface area contributed by atoms with Crippen LogP contribution in [0.2, 0.25) is 0 Å². The lowest BCUT2D eigenvalue weighted by molar-refractivity contribution is 0.135. The molecule has 0 aromatic heterocycles. The molecule has 0 aliphatic heterocycles. The topological polar surface area (TPSA) is 36.9 Å². The first-order valence-corrected chi connectivity index (χ1v) is 24.4. The summed E-state index contributed by atoms with van der Waals surface area (Å²) < 4.78 is 21.0.